The van der Waals surface area contributed by atoms with Crippen LogP contribution in [0.3, 0.4) is 0 Å². The molecule has 0 unspecified atom stereocenters. The van der Waals surface area contributed by atoms with Gasteiger partial charge in [0, 0.05) is 35.5 Å². The third kappa shape index (κ3) is 2.73. The highest BCUT2D eigenvalue weighted by molar-refractivity contribution is 5.88. The fraction of sp³-hybridized carbons (Fsp3) is 0.182. The van der Waals surface area contributed by atoms with Gasteiger partial charge in [-0.3, -0.25) is 4.79 Å². The minimum Gasteiger partial charge on any atom is -0.373 e. The van der Waals surface area contributed by atoms with Crippen LogP contribution < -0.4 is 10.9 Å². The van der Waals surface area contributed by atoms with E-state index in [1.54, 1.807) is 0 Å². The smallest absolute Gasteiger partial charge is 0.252 e. The van der Waals surface area contributed by atoms with Crippen LogP contribution in [0.15, 0.2) is 53.3 Å². The van der Waals surface area contributed by atoms with Crippen molar-refractivity contribution in [3.05, 3.63) is 81.3 Å². The van der Waals surface area contributed by atoms with Crippen molar-refractivity contribution in [2.45, 2.75) is 20.3 Å². The van der Waals surface area contributed by atoms with E-state index in [0.29, 0.717) is 6.42 Å². The molecule has 130 valence electrons. The molecule has 2 aromatic carbocycles. The Balaban J connectivity index is 1.93. The summed E-state index contributed by atoms with van der Waals surface area (Å²) >= 11 is 0. The molecule has 4 rings (SSSR count). The summed E-state index contributed by atoms with van der Waals surface area (Å²) in [6.45, 7) is 4.01. The number of fused-ring (bicyclic) bond motifs is 2. The molecule has 2 N–H and O–H groups in total. The Hall–Kier alpha value is -3.14. The molecule has 4 nitrogen and oxygen atoms in total. The maximum absolute atomic E-state index is 12.7. The van der Waals surface area contributed by atoms with Crippen molar-refractivity contribution in [1.29, 1.82) is 0 Å². The van der Waals surface area contributed by atoms with Gasteiger partial charge in [0.05, 0.1) is 5.52 Å². The predicted octanol–water partition coefficient (Wildman–Crippen LogP) is 4.33. The van der Waals surface area contributed by atoms with E-state index < -0.39 is 0 Å². The zero-order valence-electron chi connectivity index (χ0n) is 15.2. The molecule has 0 amide bonds. The number of hydrogen-bond donors (Lipinski definition) is 2. The standard InChI is InChI=1S/C22H21N3O/c1-13-8-9-20-15(10-13)11-16(21(23-3)25-20)12-19-18-7-5-4-6-17(18)14(2)24-22(19)26/h4-11H,12H2,1-3H3,(H,23,25)(H,24,26). The highest BCUT2D eigenvalue weighted by Gasteiger charge is 2.13. The second kappa shape index (κ2) is 6.30. The molecule has 4 heteroatoms. The molecule has 0 atom stereocenters. The molecule has 0 saturated heterocycles. The molecule has 26 heavy (non-hydrogen) atoms. The summed E-state index contributed by atoms with van der Waals surface area (Å²) in [5.41, 5.74) is 4.80. The van der Waals surface area contributed by atoms with E-state index in [9.17, 15) is 4.79 Å². The van der Waals surface area contributed by atoms with Gasteiger partial charge >= 0.3 is 0 Å². The first-order valence-corrected chi connectivity index (χ1v) is 8.75. The van der Waals surface area contributed by atoms with E-state index >= 15 is 0 Å². The van der Waals surface area contributed by atoms with Crippen LogP contribution >= 0.6 is 0 Å². The topological polar surface area (TPSA) is 57.8 Å². The van der Waals surface area contributed by atoms with Crippen LogP contribution in [-0.2, 0) is 6.42 Å². The quantitative estimate of drug-likeness (QED) is 0.582. The lowest BCUT2D eigenvalue weighted by Crippen LogP contribution is -2.15. The van der Waals surface area contributed by atoms with Crippen LogP contribution in [0.25, 0.3) is 21.7 Å². The van der Waals surface area contributed by atoms with Gasteiger partial charge < -0.3 is 10.3 Å². The van der Waals surface area contributed by atoms with E-state index in [4.69, 9.17) is 4.98 Å². The van der Waals surface area contributed by atoms with E-state index in [0.717, 1.165) is 44.3 Å². The second-order valence-electron chi connectivity index (χ2n) is 6.72. The molecule has 0 spiro atoms. The van der Waals surface area contributed by atoms with Crippen molar-refractivity contribution in [2.24, 2.45) is 0 Å². The number of anilines is 1. The molecule has 2 aromatic heterocycles. The van der Waals surface area contributed by atoms with E-state index in [-0.39, 0.29) is 5.56 Å². The normalized spacial score (nSPS) is 11.2. The van der Waals surface area contributed by atoms with Gasteiger partial charge in [0.2, 0.25) is 0 Å². The third-order valence-corrected chi connectivity index (χ3v) is 4.88. The zero-order valence-corrected chi connectivity index (χ0v) is 15.2. The molecule has 0 aliphatic rings. The number of aromatic nitrogens is 2. The Kier molecular flexibility index (Phi) is 3.96. The SMILES string of the molecule is CNc1nc2ccc(C)cc2cc1Cc1c(=O)[nH]c(C)c2ccccc12. The largest absolute Gasteiger partial charge is 0.373 e. The van der Waals surface area contributed by atoms with Crippen LogP contribution in [0.4, 0.5) is 5.82 Å². The predicted molar refractivity (Wildman–Crippen MR) is 108 cm³/mol. The van der Waals surface area contributed by atoms with Crippen molar-refractivity contribution in [2.75, 3.05) is 12.4 Å². The average molecular weight is 343 g/mol. The van der Waals surface area contributed by atoms with Crippen molar-refractivity contribution >= 4 is 27.5 Å². The van der Waals surface area contributed by atoms with E-state index in [1.165, 1.54) is 5.56 Å². The summed E-state index contributed by atoms with van der Waals surface area (Å²) in [5, 5.41) is 6.35. The summed E-state index contributed by atoms with van der Waals surface area (Å²) in [5.74, 6) is 0.811. The van der Waals surface area contributed by atoms with Crippen LogP contribution in [0.1, 0.15) is 22.4 Å². The Labute approximate surface area is 151 Å². The van der Waals surface area contributed by atoms with Crippen molar-refractivity contribution in [1.82, 2.24) is 9.97 Å². The molecule has 4 aromatic rings. The maximum atomic E-state index is 12.7. The average Bonchev–Trinajstić information content (AvgIpc) is 2.64. The van der Waals surface area contributed by atoms with Gasteiger partial charge in [-0.25, -0.2) is 4.98 Å². The van der Waals surface area contributed by atoms with Crippen LogP contribution in [-0.4, -0.2) is 17.0 Å². The number of benzene rings is 2. The second-order valence-corrected chi connectivity index (χ2v) is 6.72. The molecule has 0 saturated carbocycles. The minimum absolute atomic E-state index is 0.0346. The molecule has 0 radical (unpaired) electrons. The Morgan fingerprint density at radius 1 is 1.04 bits per heavy atom. The number of nitrogens with zero attached hydrogens (tertiary/aromatic N) is 1. The molecule has 0 bridgehead atoms. The first-order valence-electron chi connectivity index (χ1n) is 8.75. The first-order chi connectivity index (χ1) is 12.6. The van der Waals surface area contributed by atoms with Crippen LogP contribution in [0.2, 0.25) is 0 Å². The number of hydrogen-bond acceptors (Lipinski definition) is 3. The van der Waals surface area contributed by atoms with Gasteiger partial charge in [-0.2, -0.15) is 0 Å². The Morgan fingerprint density at radius 2 is 1.81 bits per heavy atom. The first kappa shape index (κ1) is 16.3. The summed E-state index contributed by atoms with van der Waals surface area (Å²) in [7, 11) is 1.86. The van der Waals surface area contributed by atoms with Crippen LogP contribution in [0, 0.1) is 13.8 Å². The van der Waals surface area contributed by atoms with Crippen molar-refractivity contribution in [3.8, 4) is 0 Å². The molecule has 0 aliphatic carbocycles. The van der Waals surface area contributed by atoms with Crippen molar-refractivity contribution in [3.63, 3.8) is 0 Å². The molecular formula is C22H21N3O. The molecule has 2 heterocycles. The zero-order chi connectivity index (χ0) is 18.3. The number of aromatic amines is 1. The van der Waals surface area contributed by atoms with Gasteiger partial charge in [0.1, 0.15) is 5.82 Å². The van der Waals surface area contributed by atoms with Gasteiger partial charge in [0.15, 0.2) is 0 Å². The molecule has 0 aliphatic heterocycles. The number of pyridine rings is 2. The maximum Gasteiger partial charge on any atom is 0.252 e. The summed E-state index contributed by atoms with van der Waals surface area (Å²) in [6.07, 6.45) is 0.531. The Morgan fingerprint density at radius 3 is 2.58 bits per heavy atom. The monoisotopic (exact) mass is 343 g/mol. The van der Waals surface area contributed by atoms with Gasteiger partial charge in [-0.15, -0.1) is 0 Å². The number of aryl methyl sites for hydroxylation is 2. The summed E-state index contributed by atoms with van der Waals surface area (Å²) < 4.78 is 0. The lowest BCUT2D eigenvalue weighted by Gasteiger charge is -2.13. The third-order valence-electron chi connectivity index (χ3n) is 4.88. The van der Waals surface area contributed by atoms with Crippen molar-refractivity contribution < 1.29 is 0 Å². The summed E-state index contributed by atoms with van der Waals surface area (Å²) in [6, 6.07) is 16.4. The minimum atomic E-state index is -0.0346. The van der Waals surface area contributed by atoms with Crippen LogP contribution in [0.5, 0.6) is 0 Å². The van der Waals surface area contributed by atoms with Gasteiger partial charge in [-0.1, -0.05) is 35.9 Å². The van der Waals surface area contributed by atoms with E-state index in [2.05, 4.69) is 35.4 Å². The summed E-state index contributed by atoms with van der Waals surface area (Å²) in [4.78, 5) is 20.4. The molecular weight excluding hydrogens is 322 g/mol. The number of rotatable bonds is 3. The highest BCUT2D eigenvalue weighted by Crippen LogP contribution is 2.26. The Bertz CT molecular complexity index is 1190. The fourth-order valence-electron chi connectivity index (χ4n) is 3.57. The van der Waals surface area contributed by atoms with E-state index in [1.807, 2.05) is 44.3 Å². The van der Waals surface area contributed by atoms with Gasteiger partial charge in [0.25, 0.3) is 5.56 Å². The van der Waals surface area contributed by atoms with Gasteiger partial charge in [-0.05, 0) is 43.0 Å². The lowest BCUT2D eigenvalue weighted by molar-refractivity contribution is 1.08. The molecule has 0 fully saturated rings. The number of H-pyrrole nitrogens is 1. The lowest BCUT2D eigenvalue weighted by atomic mass is 9.98. The number of nitrogens with one attached hydrogen (secondary N) is 2. The fourth-order valence-corrected chi connectivity index (χ4v) is 3.57. The highest BCUT2D eigenvalue weighted by atomic mass is 16.1.